The fourth-order valence-electron chi connectivity index (χ4n) is 2.37. The molecule has 0 spiro atoms. The minimum absolute atomic E-state index is 0.279. The van der Waals surface area contributed by atoms with Gasteiger partial charge in [0, 0.05) is 18.2 Å². The Bertz CT molecular complexity index is 464. The highest BCUT2D eigenvalue weighted by Gasteiger charge is 2.31. The Labute approximate surface area is 104 Å². The molecule has 1 N–H and O–H groups in total. The van der Waals surface area contributed by atoms with Crippen molar-refractivity contribution in [2.24, 2.45) is 5.92 Å². The van der Waals surface area contributed by atoms with Gasteiger partial charge < -0.3 is 5.11 Å². The van der Waals surface area contributed by atoms with E-state index in [4.69, 9.17) is 5.11 Å². The zero-order valence-corrected chi connectivity index (χ0v) is 10.1. The molecule has 1 aromatic carbocycles. The summed E-state index contributed by atoms with van der Waals surface area (Å²) >= 11 is 0. The summed E-state index contributed by atoms with van der Waals surface area (Å²) in [4.78, 5) is 12.7. The highest BCUT2D eigenvalue weighted by molar-refractivity contribution is 5.70. The molecule has 1 fully saturated rings. The van der Waals surface area contributed by atoms with Crippen LogP contribution in [0.15, 0.2) is 18.2 Å². The van der Waals surface area contributed by atoms with Crippen molar-refractivity contribution in [2.45, 2.75) is 19.4 Å². The average Bonchev–Trinajstić information content (AvgIpc) is 2.81. The van der Waals surface area contributed by atoms with Crippen LogP contribution < -0.4 is 0 Å². The number of rotatable bonds is 3. The lowest BCUT2D eigenvalue weighted by Crippen LogP contribution is -2.27. The molecule has 0 saturated carbocycles. The molecule has 3 nitrogen and oxygen atoms in total. The molecule has 5 heteroatoms. The van der Waals surface area contributed by atoms with Crippen molar-refractivity contribution in [3.8, 4) is 0 Å². The highest BCUT2D eigenvalue weighted by Crippen LogP contribution is 2.29. The zero-order chi connectivity index (χ0) is 13.3. The van der Waals surface area contributed by atoms with Crippen molar-refractivity contribution in [3.63, 3.8) is 0 Å². The van der Waals surface area contributed by atoms with E-state index in [1.165, 1.54) is 6.07 Å². The number of carboxylic acid groups (broad SMARTS) is 1. The summed E-state index contributed by atoms with van der Waals surface area (Å²) in [6, 6.07) is 3.04. The Morgan fingerprint density at radius 2 is 2.22 bits per heavy atom. The number of likely N-dealkylation sites (tertiary alicyclic amines) is 1. The van der Waals surface area contributed by atoms with Crippen molar-refractivity contribution in [1.29, 1.82) is 0 Å². The maximum absolute atomic E-state index is 13.6. The molecule has 0 aromatic heterocycles. The van der Waals surface area contributed by atoms with Gasteiger partial charge >= 0.3 is 5.97 Å². The van der Waals surface area contributed by atoms with Crippen molar-refractivity contribution < 1.29 is 18.7 Å². The van der Waals surface area contributed by atoms with E-state index in [1.807, 2.05) is 4.90 Å². The normalized spacial score (nSPS) is 22.1. The summed E-state index contributed by atoms with van der Waals surface area (Å²) < 4.78 is 26.7. The maximum atomic E-state index is 13.6. The van der Waals surface area contributed by atoms with Gasteiger partial charge in [0.15, 0.2) is 0 Å². The van der Waals surface area contributed by atoms with E-state index in [1.54, 1.807) is 6.92 Å². The van der Waals surface area contributed by atoms with Crippen molar-refractivity contribution in [2.75, 3.05) is 13.1 Å². The lowest BCUT2D eigenvalue weighted by Gasteiger charge is -2.24. The Balaban J connectivity index is 2.15. The number of hydrogen-bond acceptors (Lipinski definition) is 2. The summed E-state index contributed by atoms with van der Waals surface area (Å²) in [5, 5.41) is 8.92. The van der Waals surface area contributed by atoms with E-state index in [0.717, 1.165) is 12.1 Å². The number of halogens is 2. The molecule has 0 unspecified atom stereocenters. The third-order valence-electron chi connectivity index (χ3n) is 3.52. The summed E-state index contributed by atoms with van der Waals surface area (Å²) in [5.41, 5.74) is 0.279. The summed E-state index contributed by atoms with van der Waals surface area (Å²) in [6.07, 6.45) is 0.552. The third kappa shape index (κ3) is 2.51. The third-order valence-corrected chi connectivity index (χ3v) is 3.52. The maximum Gasteiger partial charge on any atom is 0.307 e. The Kier molecular flexibility index (Phi) is 3.61. The first-order chi connectivity index (χ1) is 8.49. The molecule has 0 radical (unpaired) electrons. The number of nitrogens with zero attached hydrogens (tertiary/aromatic N) is 1. The highest BCUT2D eigenvalue weighted by atomic mass is 19.1. The number of hydrogen-bond donors (Lipinski definition) is 1. The van der Waals surface area contributed by atoms with Crippen molar-refractivity contribution >= 4 is 5.97 Å². The van der Waals surface area contributed by atoms with Gasteiger partial charge in [0.25, 0.3) is 0 Å². The number of benzene rings is 1. The van der Waals surface area contributed by atoms with E-state index >= 15 is 0 Å². The molecule has 1 aromatic rings. The quantitative estimate of drug-likeness (QED) is 0.901. The second kappa shape index (κ2) is 5.02. The van der Waals surface area contributed by atoms with Gasteiger partial charge in [0.05, 0.1) is 5.92 Å². The van der Waals surface area contributed by atoms with Crippen LogP contribution in [0.3, 0.4) is 0 Å². The van der Waals surface area contributed by atoms with Gasteiger partial charge in [-0.25, -0.2) is 8.78 Å². The van der Waals surface area contributed by atoms with Gasteiger partial charge in [-0.1, -0.05) is 0 Å². The van der Waals surface area contributed by atoms with E-state index in [9.17, 15) is 13.6 Å². The first-order valence-corrected chi connectivity index (χ1v) is 5.91. The van der Waals surface area contributed by atoms with Gasteiger partial charge in [0.1, 0.15) is 11.6 Å². The molecule has 1 aliphatic heterocycles. The van der Waals surface area contributed by atoms with Gasteiger partial charge in [-0.15, -0.1) is 0 Å². The van der Waals surface area contributed by atoms with Crippen LogP contribution in [0.4, 0.5) is 8.78 Å². The lowest BCUT2D eigenvalue weighted by molar-refractivity contribution is -0.141. The summed E-state index contributed by atoms with van der Waals surface area (Å²) in [7, 11) is 0. The van der Waals surface area contributed by atoms with Crippen LogP contribution in [-0.2, 0) is 4.79 Å². The fourth-order valence-corrected chi connectivity index (χ4v) is 2.37. The molecule has 0 bridgehead atoms. The van der Waals surface area contributed by atoms with Crippen LogP contribution in [0.25, 0.3) is 0 Å². The molecule has 1 aliphatic rings. The molecule has 2 atom stereocenters. The van der Waals surface area contributed by atoms with E-state index in [0.29, 0.717) is 19.5 Å². The Morgan fingerprint density at radius 1 is 1.50 bits per heavy atom. The molecule has 2 rings (SSSR count). The predicted molar refractivity (Wildman–Crippen MR) is 62.1 cm³/mol. The smallest absolute Gasteiger partial charge is 0.307 e. The first-order valence-electron chi connectivity index (χ1n) is 5.91. The molecule has 1 saturated heterocycles. The average molecular weight is 255 g/mol. The van der Waals surface area contributed by atoms with E-state index in [2.05, 4.69) is 0 Å². The molecule has 18 heavy (non-hydrogen) atoms. The van der Waals surface area contributed by atoms with E-state index in [-0.39, 0.29) is 11.6 Å². The van der Waals surface area contributed by atoms with Crippen LogP contribution in [0.2, 0.25) is 0 Å². The first kappa shape index (κ1) is 13.0. The molecule has 98 valence electrons. The molecule has 0 amide bonds. The predicted octanol–water partition coefficient (Wildman–Crippen LogP) is 2.43. The topological polar surface area (TPSA) is 40.5 Å². The van der Waals surface area contributed by atoms with Crippen LogP contribution in [0, 0.1) is 17.6 Å². The summed E-state index contributed by atoms with van der Waals surface area (Å²) in [6.45, 7) is 2.74. The second-order valence-corrected chi connectivity index (χ2v) is 4.66. The number of carboxylic acids is 1. The standard InChI is InChI=1S/C13H15F2NO2/c1-8(11-6-10(14)2-3-12(11)15)16-5-4-9(7-16)13(17)18/h2-3,6,8-9H,4-5,7H2,1H3,(H,17,18)/t8-,9+/m1/s1. The van der Waals surface area contributed by atoms with Crippen molar-refractivity contribution in [1.82, 2.24) is 4.90 Å². The minimum atomic E-state index is -0.829. The SMILES string of the molecule is C[C@H](c1cc(F)ccc1F)N1CC[C@H](C(=O)O)C1. The minimum Gasteiger partial charge on any atom is -0.481 e. The molecule has 1 heterocycles. The number of aliphatic carboxylic acids is 1. The van der Waals surface area contributed by atoms with Gasteiger partial charge in [0.2, 0.25) is 0 Å². The zero-order valence-electron chi connectivity index (χ0n) is 10.1. The van der Waals surface area contributed by atoms with Crippen LogP contribution in [0.1, 0.15) is 24.9 Å². The van der Waals surface area contributed by atoms with Gasteiger partial charge in [-0.2, -0.15) is 0 Å². The summed E-state index contributed by atoms with van der Waals surface area (Å²) in [5.74, 6) is -2.18. The fraction of sp³-hybridized carbons (Fsp3) is 0.462. The van der Waals surface area contributed by atoms with Crippen LogP contribution in [-0.4, -0.2) is 29.1 Å². The number of carbonyl (C=O) groups is 1. The van der Waals surface area contributed by atoms with Gasteiger partial charge in [-0.05, 0) is 38.1 Å². The molecular formula is C13H15F2NO2. The molecule has 0 aliphatic carbocycles. The monoisotopic (exact) mass is 255 g/mol. The second-order valence-electron chi connectivity index (χ2n) is 4.66. The Hall–Kier alpha value is -1.49. The van der Waals surface area contributed by atoms with E-state index < -0.39 is 23.5 Å². The van der Waals surface area contributed by atoms with Crippen LogP contribution >= 0.6 is 0 Å². The van der Waals surface area contributed by atoms with Crippen molar-refractivity contribution in [3.05, 3.63) is 35.4 Å². The van der Waals surface area contributed by atoms with Crippen LogP contribution in [0.5, 0.6) is 0 Å². The molecular weight excluding hydrogens is 240 g/mol. The lowest BCUT2D eigenvalue weighted by atomic mass is 10.1. The largest absolute Gasteiger partial charge is 0.481 e. The van der Waals surface area contributed by atoms with Gasteiger partial charge in [-0.3, -0.25) is 9.69 Å². The Morgan fingerprint density at radius 3 is 2.83 bits per heavy atom.